The van der Waals surface area contributed by atoms with Gasteiger partial charge < -0.3 is 4.55 Å². The molecule has 0 heterocycles. The van der Waals surface area contributed by atoms with Crippen molar-refractivity contribution in [2.45, 2.75) is 20.2 Å². The maximum absolute atomic E-state index is 10.7. The Labute approximate surface area is 200 Å². The summed E-state index contributed by atoms with van der Waals surface area (Å²) in [6, 6.07) is 25.8. The molecule has 0 amide bonds. The molecule has 160 valence electrons. The van der Waals surface area contributed by atoms with Gasteiger partial charge in [0, 0.05) is 13.4 Å². The van der Waals surface area contributed by atoms with Crippen LogP contribution in [0.3, 0.4) is 0 Å². The van der Waals surface area contributed by atoms with Crippen LogP contribution in [-0.2, 0) is 21.0 Å². The van der Waals surface area contributed by atoms with Crippen LogP contribution in [-0.4, -0.2) is 18.5 Å². The standard InChI is InChI=1S/C18H12Br3S.CHF3O3S/c19-13-1-7-16(8-2-13)22(17-9-3-14(20)4-10-17)18-11-5-15(21)6-12-18;2-1(3,4)8(5,6)7/h1-12H;(H,5,6,7)/q+1;/p-1. The third-order valence-corrected chi connectivity index (χ3v) is 7.82. The molecule has 0 aliphatic heterocycles. The van der Waals surface area contributed by atoms with E-state index in [0.717, 1.165) is 13.4 Å². The van der Waals surface area contributed by atoms with Crippen LogP contribution in [0.4, 0.5) is 13.2 Å². The Balaban J connectivity index is 0.000000343. The predicted octanol–water partition coefficient (Wildman–Crippen LogP) is 7.12. The molecular weight excluding hydrogens is 637 g/mol. The Kier molecular flexibility index (Phi) is 9.02. The lowest BCUT2D eigenvalue weighted by atomic mass is 10.4. The zero-order chi connectivity index (χ0) is 22.5. The second kappa shape index (κ2) is 10.6. The summed E-state index contributed by atoms with van der Waals surface area (Å²) in [6.45, 7) is 0. The molecule has 0 aromatic heterocycles. The number of benzene rings is 3. The third kappa shape index (κ3) is 7.38. The van der Waals surface area contributed by atoms with Gasteiger partial charge in [-0.05, 0) is 72.8 Å². The third-order valence-electron chi connectivity index (χ3n) is 3.43. The van der Waals surface area contributed by atoms with E-state index in [9.17, 15) is 13.2 Å². The molecule has 0 spiro atoms. The molecule has 0 saturated heterocycles. The Hall–Kier alpha value is -0.850. The summed E-state index contributed by atoms with van der Waals surface area (Å²) < 4.78 is 62.2. The molecule has 0 atom stereocenters. The molecule has 0 radical (unpaired) electrons. The van der Waals surface area contributed by atoms with Crippen molar-refractivity contribution in [3.05, 3.63) is 86.2 Å². The van der Waals surface area contributed by atoms with Crippen LogP contribution in [0.15, 0.2) is 101 Å². The summed E-state index contributed by atoms with van der Waals surface area (Å²) in [6.07, 6.45) is 0. The van der Waals surface area contributed by atoms with E-state index in [1.54, 1.807) is 0 Å². The summed E-state index contributed by atoms with van der Waals surface area (Å²) in [4.78, 5) is 3.94. The van der Waals surface area contributed by atoms with Gasteiger partial charge in [-0.1, -0.05) is 47.8 Å². The molecule has 3 aromatic rings. The van der Waals surface area contributed by atoms with Crippen LogP contribution in [0.2, 0.25) is 0 Å². The fourth-order valence-electron chi connectivity index (χ4n) is 2.12. The molecule has 30 heavy (non-hydrogen) atoms. The normalized spacial score (nSPS) is 11.7. The van der Waals surface area contributed by atoms with Crippen LogP contribution in [0.1, 0.15) is 0 Å². The Morgan fingerprint density at radius 3 is 1.00 bits per heavy atom. The van der Waals surface area contributed by atoms with Gasteiger partial charge in [0.15, 0.2) is 24.8 Å². The second-order valence-corrected chi connectivity index (χ2v) is 11.7. The lowest BCUT2D eigenvalue weighted by molar-refractivity contribution is -0.0517. The minimum atomic E-state index is -6.09. The van der Waals surface area contributed by atoms with Crippen molar-refractivity contribution < 1.29 is 26.1 Å². The van der Waals surface area contributed by atoms with Crippen molar-refractivity contribution in [1.29, 1.82) is 0 Å². The molecule has 0 unspecified atom stereocenters. The predicted molar refractivity (Wildman–Crippen MR) is 120 cm³/mol. The molecule has 0 aliphatic rings. The first-order chi connectivity index (χ1) is 13.9. The fraction of sp³-hybridized carbons (Fsp3) is 0.0526. The largest absolute Gasteiger partial charge is 0.741 e. The van der Waals surface area contributed by atoms with E-state index < -0.39 is 15.6 Å². The molecule has 0 saturated carbocycles. The zero-order valence-corrected chi connectivity index (χ0v) is 21.1. The minimum absolute atomic E-state index is 0.102. The summed E-state index contributed by atoms with van der Waals surface area (Å²) in [5.74, 6) is 0. The van der Waals surface area contributed by atoms with Crippen molar-refractivity contribution in [1.82, 2.24) is 0 Å². The van der Waals surface area contributed by atoms with Gasteiger partial charge in [-0.2, -0.15) is 13.2 Å². The van der Waals surface area contributed by atoms with Gasteiger partial charge in [-0.25, -0.2) is 8.42 Å². The molecule has 0 aliphatic carbocycles. The van der Waals surface area contributed by atoms with Gasteiger partial charge in [-0.3, -0.25) is 0 Å². The van der Waals surface area contributed by atoms with Gasteiger partial charge in [0.2, 0.25) is 0 Å². The number of halogens is 6. The molecule has 3 aromatic carbocycles. The van der Waals surface area contributed by atoms with E-state index in [1.807, 2.05) is 0 Å². The van der Waals surface area contributed by atoms with Crippen molar-refractivity contribution in [2.24, 2.45) is 0 Å². The van der Waals surface area contributed by atoms with E-state index in [0.29, 0.717) is 0 Å². The minimum Gasteiger partial charge on any atom is -0.741 e. The second-order valence-electron chi connectivity index (χ2n) is 5.57. The van der Waals surface area contributed by atoms with Gasteiger partial charge in [0.25, 0.3) is 0 Å². The molecule has 11 heteroatoms. The Morgan fingerprint density at radius 1 is 0.633 bits per heavy atom. The maximum Gasteiger partial charge on any atom is 0.485 e. The average molecular weight is 649 g/mol. The monoisotopic (exact) mass is 646 g/mol. The number of hydrogen-bond donors (Lipinski definition) is 0. The zero-order valence-electron chi connectivity index (χ0n) is 14.7. The van der Waals surface area contributed by atoms with E-state index in [-0.39, 0.29) is 10.9 Å². The first-order valence-electron chi connectivity index (χ1n) is 7.91. The number of hydrogen-bond acceptors (Lipinski definition) is 3. The molecule has 3 nitrogen and oxygen atoms in total. The molecule has 3 rings (SSSR count). The molecule has 0 fully saturated rings. The Bertz CT molecular complexity index is 963. The average Bonchev–Trinajstić information content (AvgIpc) is 2.65. The number of rotatable bonds is 3. The Morgan fingerprint density at radius 2 is 0.833 bits per heavy atom. The van der Waals surface area contributed by atoms with E-state index >= 15 is 0 Å². The topological polar surface area (TPSA) is 57.2 Å². The van der Waals surface area contributed by atoms with Crippen LogP contribution in [0.5, 0.6) is 0 Å². The fourth-order valence-corrected chi connectivity index (χ4v) is 4.95. The highest BCUT2D eigenvalue weighted by atomic mass is 79.9. The van der Waals surface area contributed by atoms with Gasteiger partial charge in [-0.15, -0.1) is 0 Å². The van der Waals surface area contributed by atoms with Crippen LogP contribution in [0, 0.1) is 0 Å². The van der Waals surface area contributed by atoms with E-state index in [1.165, 1.54) is 14.7 Å². The van der Waals surface area contributed by atoms with Gasteiger partial charge in [0.1, 0.15) is 0 Å². The lowest BCUT2D eigenvalue weighted by Gasteiger charge is -2.08. The molecule has 0 bridgehead atoms. The first-order valence-corrected chi connectivity index (χ1v) is 12.9. The number of alkyl halides is 3. The highest BCUT2D eigenvalue weighted by molar-refractivity contribution is 9.11. The van der Waals surface area contributed by atoms with Gasteiger partial charge in [0.05, 0.1) is 10.9 Å². The van der Waals surface area contributed by atoms with Crippen molar-refractivity contribution in [3.63, 3.8) is 0 Å². The smallest absolute Gasteiger partial charge is 0.485 e. The van der Waals surface area contributed by atoms with Crippen LogP contribution < -0.4 is 0 Å². The highest BCUT2D eigenvalue weighted by Gasteiger charge is 2.37. The van der Waals surface area contributed by atoms with E-state index in [4.69, 9.17) is 13.0 Å². The lowest BCUT2D eigenvalue weighted by Crippen LogP contribution is -2.21. The summed E-state index contributed by atoms with van der Waals surface area (Å²) in [5, 5.41) is 0. The SMILES string of the molecule is Brc1ccc([S+](c2ccc(Br)cc2)c2ccc(Br)cc2)cc1.O=S(=O)([O-])C(F)(F)F. The van der Waals surface area contributed by atoms with Gasteiger partial charge >= 0.3 is 5.51 Å². The molecular formula is C19H12Br3F3O3S2. The quantitative estimate of drug-likeness (QED) is 0.173. The summed E-state index contributed by atoms with van der Waals surface area (Å²) in [5.41, 5.74) is -5.65. The summed E-state index contributed by atoms with van der Waals surface area (Å²) in [7, 11) is -6.19. The van der Waals surface area contributed by atoms with Crippen LogP contribution in [0.25, 0.3) is 0 Å². The van der Waals surface area contributed by atoms with Crippen molar-refractivity contribution in [2.75, 3.05) is 0 Å². The summed E-state index contributed by atoms with van der Waals surface area (Å²) >= 11 is 10.6. The maximum atomic E-state index is 10.7. The van der Waals surface area contributed by atoms with Crippen molar-refractivity contribution >= 4 is 68.8 Å². The van der Waals surface area contributed by atoms with Crippen LogP contribution >= 0.6 is 47.8 Å². The van der Waals surface area contributed by atoms with Crippen molar-refractivity contribution in [3.8, 4) is 0 Å². The first kappa shape index (κ1) is 25.4. The molecule has 0 N–H and O–H groups in total. The van der Waals surface area contributed by atoms with E-state index in [2.05, 4.69) is 121 Å². The highest BCUT2D eigenvalue weighted by Crippen LogP contribution is 2.33.